The third-order valence-electron chi connectivity index (χ3n) is 15.6. The number of carbonyl (C=O) groups excluding carboxylic acids is 3. The van der Waals surface area contributed by atoms with Gasteiger partial charge in [0.05, 0.1) is 0 Å². The van der Waals surface area contributed by atoms with Crippen LogP contribution in [0.1, 0.15) is 374 Å². The average Bonchev–Trinajstić information content (AvgIpc) is 3.44. The second-order valence-corrected chi connectivity index (χ2v) is 23.4. The molecule has 0 aromatic heterocycles. The Kier molecular flexibility index (Phi) is 64.6. The molecule has 456 valence electrons. The summed E-state index contributed by atoms with van der Waals surface area (Å²) >= 11 is 0. The maximum atomic E-state index is 12.9. The summed E-state index contributed by atoms with van der Waals surface area (Å²) in [6, 6.07) is 0. The molecule has 0 aliphatic heterocycles. The summed E-state index contributed by atoms with van der Waals surface area (Å²) in [6.07, 6.45) is 84.1. The lowest BCUT2D eigenvalue weighted by Crippen LogP contribution is -2.30. The second-order valence-electron chi connectivity index (χ2n) is 23.4. The molecule has 0 N–H and O–H groups in total. The van der Waals surface area contributed by atoms with Gasteiger partial charge in [-0.2, -0.15) is 0 Å². The first-order valence-corrected chi connectivity index (χ1v) is 34.6. The zero-order valence-corrected chi connectivity index (χ0v) is 52.5. The monoisotopic (exact) mass is 1090 g/mol. The number of ether oxygens (including phenoxy) is 3. The van der Waals surface area contributed by atoms with E-state index < -0.39 is 6.10 Å². The van der Waals surface area contributed by atoms with Crippen molar-refractivity contribution < 1.29 is 28.6 Å². The summed E-state index contributed by atoms with van der Waals surface area (Å²) in [7, 11) is 0. The van der Waals surface area contributed by atoms with Gasteiger partial charge in [-0.3, -0.25) is 14.4 Å². The van der Waals surface area contributed by atoms with Gasteiger partial charge in [0.1, 0.15) is 13.2 Å². The molecule has 1 unspecified atom stereocenters. The highest BCUT2D eigenvalue weighted by Crippen LogP contribution is 2.18. The van der Waals surface area contributed by atoms with E-state index >= 15 is 0 Å². The summed E-state index contributed by atoms with van der Waals surface area (Å²) in [5.74, 6) is -0.862. The lowest BCUT2D eigenvalue weighted by atomic mass is 10.0. The molecule has 0 spiro atoms. The van der Waals surface area contributed by atoms with Crippen molar-refractivity contribution in [2.45, 2.75) is 380 Å². The van der Waals surface area contributed by atoms with E-state index in [0.29, 0.717) is 19.3 Å². The van der Waals surface area contributed by atoms with Crippen LogP contribution in [0.2, 0.25) is 0 Å². The van der Waals surface area contributed by atoms with Gasteiger partial charge in [0.2, 0.25) is 0 Å². The Labute approximate surface area is 486 Å². The lowest BCUT2D eigenvalue weighted by Gasteiger charge is -2.18. The molecular formula is C72H132O6. The van der Waals surface area contributed by atoms with Crippen molar-refractivity contribution in [2.24, 2.45) is 0 Å². The summed E-state index contributed by atoms with van der Waals surface area (Å²) < 4.78 is 17.0. The van der Waals surface area contributed by atoms with Crippen molar-refractivity contribution in [2.75, 3.05) is 13.2 Å². The fourth-order valence-electron chi connectivity index (χ4n) is 10.3. The number of carbonyl (C=O) groups is 3. The van der Waals surface area contributed by atoms with E-state index in [1.807, 2.05) is 0 Å². The minimum absolute atomic E-state index is 0.0745. The minimum atomic E-state index is -0.780. The van der Waals surface area contributed by atoms with Crippen LogP contribution in [-0.4, -0.2) is 37.2 Å². The van der Waals surface area contributed by atoms with Crippen LogP contribution in [0, 0.1) is 0 Å². The maximum Gasteiger partial charge on any atom is 0.306 e. The average molecular weight is 1090 g/mol. The molecule has 0 aliphatic carbocycles. The number of unbranched alkanes of at least 4 members (excludes halogenated alkanes) is 45. The number of hydrogen-bond acceptors (Lipinski definition) is 6. The SMILES string of the molecule is CCCCCCC/C=C\C/C=C\C/C=C\CCCCCCCCC(=O)OC(COC(=O)CCCCCCCCCCCCC/C=C\CCCCCCCCCC)COC(=O)CCCCCCCCCCCCCCCCCC. The summed E-state index contributed by atoms with van der Waals surface area (Å²) in [5, 5.41) is 0. The molecule has 78 heavy (non-hydrogen) atoms. The molecule has 1 atom stereocenters. The number of allylic oxidation sites excluding steroid dienone is 8. The topological polar surface area (TPSA) is 78.9 Å². The van der Waals surface area contributed by atoms with Crippen LogP contribution < -0.4 is 0 Å². The fraction of sp³-hybridized carbons (Fsp3) is 0.847. The second kappa shape index (κ2) is 66.9. The minimum Gasteiger partial charge on any atom is -0.462 e. The van der Waals surface area contributed by atoms with Gasteiger partial charge in [0, 0.05) is 19.3 Å². The fourth-order valence-corrected chi connectivity index (χ4v) is 10.3. The maximum absolute atomic E-state index is 12.9. The largest absolute Gasteiger partial charge is 0.462 e. The number of hydrogen-bond donors (Lipinski definition) is 0. The molecular weight excluding hydrogens is 961 g/mol. The van der Waals surface area contributed by atoms with E-state index in [2.05, 4.69) is 69.4 Å². The van der Waals surface area contributed by atoms with Gasteiger partial charge in [0.15, 0.2) is 6.10 Å². The summed E-state index contributed by atoms with van der Waals surface area (Å²) in [6.45, 7) is 6.68. The first-order chi connectivity index (χ1) is 38.5. The molecule has 0 radical (unpaired) electrons. The highest BCUT2D eigenvalue weighted by atomic mass is 16.6. The molecule has 0 heterocycles. The first kappa shape index (κ1) is 75.4. The molecule has 0 fully saturated rings. The zero-order valence-electron chi connectivity index (χ0n) is 52.5. The van der Waals surface area contributed by atoms with Crippen molar-refractivity contribution in [1.29, 1.82) is 0 Å². The number of esters is 3. The van der Waals surface area contributed by atoms with E-state index in [4.69, 9.17) is 14.2 Å². The quantitative estimate of drug-likeness (QED) is 0.0261. The van der Waals surface area contributed by atoms with Crippen LogP contribution in [0.4, 0.5) is 0 Å². The molecule has 0 saturated heterocycles. The Balaban J connectivity index is 4.34. The van der Waals surface area contributed by atoms with E-state index in [0.717, 1.165) is 77.0 Å². The van der Waals surface area contributed by atoms with Crippen LogP contribution >= 0.6 is 0 Å². The molecule has 0 aromatic carbocycles. The van der Waals surface area contributed by atoms with Crippen molar-refractivity contribution in [3.63, 3.8) is 0 Å². The first-order valence-electron chi connectivity index (χ1n) is 34.6. The van der Waals surface area contributed by atoms with E-state index in [1.165, 1.54) is 257 Å². The molecule has 0 aromatic rings. The van der Waals surface area contributed by atoms with Gasteiger partial charge in [-0.25, -0.2) is 0 Å². The van der Waals surface area contributed by atoms with Crippen LogP contribution in [0.5, 0.6) is 0 Å². The van der Waals surface area contributed by atoms with Gasteiger partial charge in [-0.05, 0) is 83.5 Å². The Hall–Kier alpha value is -2.63. The van der Waals surface area contributed by atoms with Crippen LogP contribution in [0.3, 0.4) is 0 Å². The predicted molar refractivity (Wildman–Crippen MR) is 339 cm³/mol. The van der Waals surface area contributed by atoms with Crippen molar-refractivity contribution >= 4 is 17.9 Å². The Morgan fingerprint density at radius 1 is 0.256 bits per heavy atom. The highest BCUT2D eigenvalue weighted by molar-refractivity contribution is 5.71. The third kappa shape index (κ3) is 64.2. The molecule has 0 aliphatic rings. The lowest BCUT2D eigenvalue weighted by molar-refractivity contribution is -0.167. The zero-order chi connectivity index (χ0) is 56.4. The summed E-state index contributed by atoms with van der Waals surface area (Å²) in [5.41, 5.74) is 0. The molecule has 6 heteroatoms. The van der Waals surface area contributed by atoms with E-state index in [1.54, 1.807) is 0 Å². The van der Waals surface area contributed by atoms with Crippen molar-refractivity contribution in [1.82, 2.24) is 0 Å². The van der Waals surface area contributed by atoms with Gasteiger partial charge < -0.3 is 14.2 Å². The Bertz CT molecular complexity index is 1350. The molecule has 0 saturated carbocycles. The Morgan fingerprint density at radius 3 is 0.731 bits per heavy atom. The van der Waals surface area contributed by atoms with Crippen LogP contribution in [-0.2, 0) is 28.6 Å². The molecule has 0 bridgehead atoms. The van der Waals surface area contributed by atoms with Crippen LogP contribution in [0.15, 0.2) is 48.6 Å². The molecule has 0 amide bonds. The highest BCUT2D eigenvalue weighted by Gasteiger charge is 2.19. The number of rotatable bonds is 64. The van der Waals surface area contributed by atoms with E-state index in [-0.39, 0.29) is 31.1 Å². The van der Waals surface area contributed by atoms with Gasteiger partial charge in [0.25, 0.3) is 0 Å². The standard InChI is InChI=1S/C72H132O6/c1-4-7-10-13-16-19-22-25-28-31-33-35-36-38-39-41-44-47-50-53-56-59-62-65-71(74)77-68-69(67-76-70(73)64-61-58-55-52-49-46-43-30-27-24-21-18-15-12-9-6-3)78-72(75)66-63-60-57-54-51-48-45-42-40-37-34-32-29-26-23-20-17-14-11-8-5-2/h23,26,31-34,40,42,69H,4-22,24-25,27-30,35-39,41,43-68H2,1-3H3/b26-23-,33-31-,34-32-,42-40-. The van der Waals surface area contributed by atoms with Gasteiger partial charge >= 0.3 is 17.9 Å². The third-order valence-corrected chi connectivity index (χ3v) is 15.6. The molecule has 0 rings (SSSR count). The van der Waals surface area contributed by atoms with E-state index in [9.17, 15) is 14.4 Å². The van der Waals surface area contributed by atoms with Gasteiger partial charge in [-0.1, -0.05) is 320 Å². The van der Waals surface area contributed by atoms with Crippen molar-refractivity contribution in [3.05, 3.63) is 48.6 Å². The molecule has 6 nitrogen and oxygen atoms in total. The van der Waals surface area contributed by atoms with Crippen LogP contribution in [0.25, 0.3) is 0 Å². The van der Waals surface area contributed by atoms with Gasteiger partial charge in [-0.15, -0.1) is 0 Å². The van der Waals surface area contributed by atoms with Crippen molar-refractivity contribution in [3.8, 4) is 0 Å². The smallest absolute Gasteiger partial charge is 0.306 e. The normalized spacial score (nSPS) is 12.3. The predicted octanol–water partition coefficient (Wildman–Crippen LogP) is 23.7. The summed E-state index contributed by atoms with van der Waals surface area (Å²) in [4.78, 5) is 38.4. The Morgan fingerprint density at radius 2 is 0.462 bits per heavy atom.